The number of aliphatic hydroxyl groups excluding tert-OH is 2. The lowest BCUT2D eigenvalue weighted by molar-refractivity contribution is -0.165. The maximum absolute atomic E-state index is 13.2. The van der Waals surface area contributed by atoms with Crippen LogP contribution in [0, 0.1) is 28.6 Å². The SMILES string of the molecule is CCOc1cc2ncc(C#N)c(Nc3ccc(OCc4ccccn4)c(Cl)c3)c2cc1NC(=O)/C=C/CN1C[C@H]2CC(OC(=O)C(C)(CO)CO)C[C@H]2C1. The van der Waals surface area contributed by atoms with Gasteiger partial charge in [-0.2, -0.15) is 5.26 Å². The van der Waals surface area contributed by atoms with E-state index < -0.39 is 24.6 Å². The molecule has 4 aromatic rings. The Balaban J connectivity index is 1.10. The van der Waals surface area contributed by atoms with Crippen LogP contribution in [0.15, 0.2) is 73.1 Å². The van der Waals surface area contributed by atoms with Gasteiger partial charge >= 0.3 is 5.97 Å². The summed E-state index contributed by atoms with van der Waals surface area (Å²) in [6.45, 7) is 5.21. The second-order valence-corrected chi connectivity index (χ2v) is 14.3. The van der Waals surface area contributed by atoms with E-state index >= 15 is 0 Å². The predicted molar refractivity (Wildman–Crippen MR) is 204 cm³/mol. The van der Waals surface area contributed by atoms with Crippen LogP contribution in [0.2, 0.25) is 5.02 Å². The molecule has 2 aromatic heterocycles. The number of amides is 1. The van der Waals surface area contributed by atoms with E-state index in [-0.39, 0.29) is 18.6 Å². The topological polar surface area (TPSA) is 179 Å². The highest BCUT2D eigenvalue weighted by Crippen LogP contribution is 2.41. The number of hydrogen-bond donors (Lipinski definition) is 4. The van der Waals surface area contributed by atoms with Crippen molar-refractivity contribution in [2.24, 2.45) is 17.3 Å². The van der Waals surface area contributed by atoms with E-state index in [0.29, 0.717) is 75.0 Å². The van der Waals surface area contributed by atoms with E-state index in [4.69, 9.17) is 25.8 Å². The maximum atomic E-state index is 13.2. The first-order chi connectivity index (χ1) is 26.1. The number of likely N-dealkylation sites (tertiary alicyclic amines) is 1. The molecular weight excluding hydrogens is 712 g/mol. The van der Waals surface area contributed by atoms with Gasteiger partial charge in [-0.15, -0.1) is 0 Å². The number of anilines is 3. The first kappa shape index (κ1) is 38.5. The minimum atomic E-state index is -1.31. The molecule has 14 heteroatoms. The number of halogens is 1. The Labute approximate surface area is 318 Å². The van der Waals surface area contributed by atoms with E-state index in [0.717, 1.165) is 31.6 Å². The number of ether oxygens (including phenoxy) is 3. The third kappa shape index (κ3) is 8.91. The Hall–Kier alpha value is -5.26. The fourth-order valence-corrected chi connectivity index (χ4v) is 7.06. The molecule has 1 unspecified atom stereocenters. The van der Waals surface area contributed by atoms with Crippen LogP contribution in [0.25, 0.3) is 10.9 Å². The highest BCUT2D eigenvalue weighted by Gasteiger charge is 2.44. The number of aliphatic hydroxyl groups is 2. The third-order valence-electron chi connectivity index (χ3n) is 9.83. The second kappa shape index (κ2) is 17.3. The van der Waals surface area contributed by atoms with Crippen molar-refractivity contribution >= 4 is 51.4 Å². The number of carbonyl (C=O) groups excluding carboxylic acids is 2. The molecule has 1 aliphatic carbocycles. The standard InChI is InChI=1S/C40H43ClN6O7/c1-3-52-36-17-33-31(38(27(18-42)19-44-33)45-28-9-10-35(32(41)15-28)53-22-29-7-4-5-11-43-29)16-34(36)46-37(50)8-6-12-47-20-25-13-30(14-26(25)21-47)54-39(51)40(2,23-48)24-49/h4-11,15-17,19,25-26,30,48-49H,3,12-14,20-24H2,1-2H3,(H,44,45)(H,46,50)/b8-6+/t25-,26+,30?. The lowest BCUT2D eigenvalue weighted by Gasteiger charge is -2.25. The fourth-order valence-electron chi connectivity index (χ4n) is 6.83. The summed E-state index contributed by atoms with van der Waals surface area (Å²) < 4.78 is 17.4. The van der Waals surface area contributed by atoms with Crippen molar-refractivity contribution in [3.63, 3.8) is 0 Å². The number of hydrogen-bond acceptors (Lipinski definition) is 12. The zero-order valence-corrected chi connectivity index (χ0v) is 30.9. The van der Waals surface area contributed by atoms with Gasteiger partial charge in [-0.3, -0.25) is 24.5 Å². The van der Waals surface area contributed by atoms with Crippen molar-refractivity contribution in [3.8, 4) is 17.6 Å². The molecule has 282 valence electrons. The average molecular weight is 755 g/mol. The molecule has 6 rings (SSSR count). The van der Waals surface area contributed by atoms with Crippen molar-refractivity contribution in [3.05, 3.63) is 89.4 Å². The molecule has 1 amide bonds. The lowest BCUT2D eigenvalue weighted by atomic mass is 9.93. The zero-order chi connectivity index (χ0) is 38.2. The molecule has 3 atom stereocenters. The van der Waals surface area contributed by atoms with Crippen LogP contribution < -0.4 is 20.1 Å². The van der Waals surface area contributed by atoms with E-state index in [1.807, 2.05) is 31.2 Å². The summed E-state index contributed by atoms with van der Waals surface area (Å²) in [5.41, 5.74) is 1.84. The molecule has 0 bridgehead atoms. The van der Waals surface area contributed by atoms with Crippen LogP contribution in [-0.2, 0) is 20.9 Å². The summed E-state index contributed by atoms with van der Waals surface area (Å²) in [7, 11) is 0. The Morgan fingerprint density at radius 1 is 1.07 bits per heavy atom. The molecule has 3 heterocycles. The number of esters is 1. The van der Waals surface area contributed by atoms with Crippen LogP contribution in [0.5, 0.6) is 11.5 Å². The van der Waals surface area contributed by atoms with Crippen molar-refractivity contribution in [2.75, 3.05) is 50.1 Å². The van der Waals surface area contributed by atoms with Gasteiger partial charge in [0.25, 0.3) is 0 Å². The van der Waals surface area contributed by atoms with Crippen molar-refractivity contribution in [1.29, 1.82) is 5.26 Å². The molecule has 2 aliphatic rings. The van der Waals surface area contributed by atoms with Gasteiger partial charge in [0.1, 0.15) is 35.7 Å². The number of carbonyl (C=O) groups is 2. The number of nitriles is 1. The Morgan fingerprint density at radius 3 is 2.52 bits per heavy atom. The number of benzene rings is 2. The van der Waals surface area contributed by atoms with Gasteiger partial charge in [-0.05, 0) is 74.9 Å². The summed E-state index contributed by atoms with van der Waals surface area (Å²) in [5.74, 6) is 0.728. The van der Waals surface area contributed by atoms with E-state index in [1.54, 1.807) is 36.5 Å². The predicted octanol–water partition coefficient (Wildman–Crippen LogP) is 5.62. The Bertz CT molecular complexity index is 2040. The molecule has 0 radical (unpaired) electrons. The minimum Gasteiger partial charge on any atom is -0.492 e. The van der Waals surface area contributed by atoms with E-state index in [1.165, 1.54) is 19.2 Å². The number of fused-ring (bicyclic) bond motifs is 2. The van der Waals surface area contributed by atoms with Gasteiger partial charge in [0.15, 0.2) is 0 Å². The Kier molecular flexibility index (Phi) is 12.3. The van der Waals surface area contributed by atoms with Crippen LogP contribution in [0.3, 0.4) is 0 Å². The minimum absolute atomic E-state index is 0.230. The van der Waals surface area contributed by atoms with Gasteiger partial charge < -0.3 is 35.1 Å². The highest BCUT2D eigenvalue weighted by atomic mass is 35.5. The van der Waals surface area contributed by atoms with Crippen molar-refractivity contribution in [2.45, 2.75) is 39.4 Å². The van der Waals surface area contributed by atoms with Gasteiger partial charge in [0.2, 0.25) is 5.91 Å². The molecule has 1 saturated carbocycles. The Morgan fingerprint density at radius 2 is 1.85 bits per heavy atom. The first-order valence-corrected chi connectivity index (χ1v) is 18.2. The smallest absolute Gasteiger partial charge is 0.316 e. The van der Waals surface area contributed by atoms with Crippen LogP contribution >= 0.6 is 11.6 Å². The molecule has 13 nitrogen and oxygen atoms in total. The number of pyridine rings is 2. The highest BCUT2D eigenvalue weighted by molar-refractivity contribution is 6.32. The number of nitrogens with one attached hydrogen (secondary N) is 2. The maximum Gasteiger partial charge on any atom is 0.316 e. The quantitative estimate of drug-likeness (QED) is 0.0872. The van der Waals surface area contributed by atoms with E-state index in [2.05, 4.69) is 31.6 Å². The molecule has 1 aliphatic heterocycles. The van der Waals surface area contributed by atoms with Gasteiger partial charge in [-0.25, -0.2) is 0 Å². The molecule has 54 heavy (non-hydrogen) atoms. The molecule has 4 N–H and O–H groups in total. The number of aromatic nitrogens is 2. The molecule has 1 saturated heterocycles. The fraction of sp³-hybridized carbons (Fsp3) is 0.375. The van der Waals surface area contributed by atoms with Gasteiger partial charge in [0.05, 0.1) is 53.0 Å². The average Bonchev–Trinajstić information content (AvgIpc) is 3.73. The molecule has 0 spiro atoms. The lowest BCUT2D eigenvalue weighted by Crippen LogP contribution is -2.39. The van der Waals surface area contributed by atoms with Crippen LogP contribution in [0.1, 0.15) is 37.9 Å². The van der Waals surface area contributed by atoms with Crippen molar-refractivity contribution in [1.82, 2.24) is 14.9 Å². The van der Waals surface area contributed by atoms with E-state index in [9.17, 15) is 25.1 Å². The summed E-state index contributed by atoms with van der Waals surface area (Å²) in [6.07, 6.45) is 7.71. The van der Waals surface area contributed by atoms with Gasteiger partial charge in [0, 0.05) is 55.2 Å². The summed E-state index contributed by atoms with van der Waals surface area (Å²) in [6, 6.07) is 16.5. The summed E-state index contributed by atoms with van der Waals surface area (Å²) >= 11 is 6.58. The van der Waals surface area contributed by atoms with Crippen LogP contribution in [-0.4, -0.2) is 82.5 Å². The number of rotatable bonds is 15. The summed E-state index contributed by atoms with van der Waals surface area (Å²) in [5, 5.41) is 36.2. The van der Waals surface area contributed by atoms with Gasteiger partial charge in [-0.1, -0.05) is 23.7 Å². The second-order valence-electron chi connectivity index (χ2n) is 13.8. The molecule has 2 aromatic carbocycles. The zero-order valence-electron chi connectivity index (χ0n) is 30.1. The summed E-state index contributed by atoms with van der Waals surface area (Å²) in [4.78, 5) is 36.7. The first-order valence-electron chi connectivity index (χ1n) is 17.8. The normalized spacial score (nSPS) is 18.3. The molecule has 2 fully saturated rings. The largest absolute Gasteiger partial charge is 0.492 e. The van der Waals surface area contributed by atoms with Crippen molar-refractivity contribution < 1.29 is 34.0 Å². The monoisotopic (exact) mass is 754 g/mol. The third-order valence-corrected chi connectivity index (χ3v) is 10.1. The molecular formula is C40H43ClN6O7. The van der Waals surface area contributed by atoms with Crippen LogP contribution in [0.4, 0.5) is 17.1 Å². The number of nitrogens with zero attached hydrogens (tertiary/aromatic N) is 4.